The molecule has 2 aromatic heterocycles. The normalized spacial score (nSPS) is 12.4. The molecule has 0 saturated carbocycles. The molecule has 0 fully saturated rings. The molecule has 4 aromatic rings. The monoisotopic (exact) mass is 533 g/mol. The fourth-order valence-electron chi connectivity index (χ4n) is 4.04. The molecule has 0 aliphatic rings. The smallest absolute Gasteiger partial charge is 0.416 e. The van der Waals surface area contributed by atoms with E-state index in [1.54, 1.807) is 13.0 Å². The van der Waals surface area contributed by atoms with E-state index in [0.29, 0.717) is 11.3 Å². The molecular weight excluding hydrogens is 506 g/mol. The van der Waals surface area contributed by atoms with Crippen molar-refractivity contribution in [2.75, 3.05) is 7.11 Å². The molecule has 2 aromatic carbocycles. The van der Waals surface area contributed by atoms with Crippen molar-refractivity contribution >= 4 is 18.4 Å². The maximum Gasteiger partial charge on any atom is 0.416 e. The Balaban J connectivity index is 0.00000121. The van der Waals surface area contributed by atoms with Crippen LogP contribution in [0.25, 0.3) is 16.8 Å². The standard InChI is InChI=1S/C24H19F4N3O3.C2H6.CH2O/c1-23(22(33)34-2,13-14-4-3-5-17(25)12-14)18-10-11-29-20-19(21(32)30-31(18)20)15-6-8-16(9-7-15)24(26,27)28;2*1-2/h3-12H,13H2,1-2H3,(H,30,32);1-2H3;1H2. The number of nitrogens with zero attached hydrogens (tertiary/aromatic N) is 2. The highest BCUT2D eigenvalue weighted by molar-refractivity contribution is 5.84. The number of methoxy groups -OCH3 is 1. The first-order valence-electron chi connectivity index (χ1n) is 11.4. The molecule has 0 bridgehead atoms. The average Bonchev–Trinajstić information content (AvgIpc) is 3.25. The van der Waals surface area contributed by atoms with E-state index in [9.17, 15) is 27.2 Å². The lowest BCUT2D eigenvalue weighted by Crippen LogP contribution is -2.38. The minimum absolute atomic E-state index is 0.0480. The number of fused-ring (bicyclic) bond motifs is 1. The number of nitrogens with one attached hydrogen (secondary N) is 1. The van der Waals surface area contributed by atoms with Gasteiger partial charge >= 0.3 is 12.1 Å². The van der Waals surface area contributed by atoms with Crippen LogP contribution in [0.4, 0.5) is 17.6 Å². The maximum atomic E-state index is 13.8. The molecule has 38 heavy (non-hydrogen) atoms. The van der Waals surface area contributed by atoms with Crippen molar-refractivity contribution in [2.24, 2.45) is 0 Å². The second-order valence-corrected chi connectivity index (χ2v) is 8.01. The van der Waals surface area contributed by atoms with E-state index in [1.165, 1.54) is 54.2 Å². The van der Waals surface area contributed by atoms with Gasteiger partial charge in [-0.1, -0.05) is 38.1 Å². The summed E-state index contributed by atoms with van der Waals surface area (Å²) in [5, 5.41) is 2.62. The lowest BCUT2D eigenvalue weighted by molar-refractivity contribution is -0.147. The molecule has 0 saturated heterocycles. The second-order valence-electron chi connectivity index (χ2n) is 8.01. The number of hydrogen-bond donors (Lipinski definition) is 1. The van der Waals surface area contributed by atoms with Crippen molar-refractivity contribution in [1.29, 1.82) is 0 Å². The molecule has 7 nitrogen and oxygen atoms in total. The summed E-state index contributed by atoms with van der Waals surface area (Å²) in [6.07, 6.45) is -3.08. The Labute approximate surface area is 216 Å². The van der Waals surface area contributed by atoms with Gasteiger partial charge < -0.3 is 9.53 Å². The molecular formula is C27H27F4N3O4. The number of alkyl halides is 3. The molecule has 1 atom stereocenters. The van der Waals surface area contributed by atoms with Crippen LogP contribution in [0.1, 0.15) is 37.6 Å². The minimum Gasteiger partial charge on any atom is -0.468 e. The number of carbonyl (C=O) groups is 2. The molecule has 202 valence electrons. The number of hydrogen-bond acceptors (Lipinski definition) is 5. The van der Waals surface area contributed by atoms with Gasteiger partial charge in [-0.15, -0.1) is 0 Å². The van der Waals surface area contributed by atoms with Crippen molar-refractivity contribution in [3.8, 4) is 11.1 Å². The number of ether oxygens (including phenoxy) is 1. The summed E-state index contributed by atoms with van der Waals surface area (Å²) in [5.74, 6) is -1.10. The Kier molecular flexibility index (Phi) is 9.70. The van der Waals surface area contributed by atoms with Crippen LogP contribution in [-0.4, -0.2) is 34.5 Å². The minimum atomic E-state index is -4.52. The van der Waals surface area contributed by atoms with Crippen LogP contribution >= 0.6 is 0 Å². The van der Waals surface area contributed by atoms with Gasteiger partial charge in [-0.05, 0) is 54.8 Å². The lowest BCUT2D eigenvalue weighted by Gasteiger charge is -2.27. The number of esters is 1. The highest BCUT2D eigenvalue weighted by atomic mass is 19.4. The summed E-state index contributed by atoms with van der Waals surface area (Å²) in [6.45, 7) is 7.59. The van der Waals surface area contributed by atoms with Crippen LogP contribution < -0.4 is 5.56 Å². The quantitative estimate of drug-likeness (QED) is 0.275. The van der Waals surface area contributed by atoms with Crippen molar-refractivity contribution < 1.29 is 31.9 Å². The Morgan fingerprint density at radius 2 is 1.71 bits per heavy atom. The third-order valence-corrected chi connectivity index (χ3v) is 5.69. The van der Waals surface area contributed by atoms with Gasteiger partial charge in [-0.3, -0.25) is 14.7 Å². The van der Waals surface area contributed by atoms with Gasteiger partial charge in [-0.25, -0.2) is 13.9 Å². The van der Waals surface area contributed by atoms with E-state index in [4.69, 9.17) is 9.53 Å². The summed E-state index contributed by atoms with van der Waals surface area (Å²) in [4.78, 5) is 38.0. The fourth-order valence-corrected chi connectivity index (χ4v) is 4.04. The number of carbonyl (C=O) groups excluding carboxylic acids is 2. The zero-order valence-electron chi connectivity index (χ0n) is 21.2. The van der Waals surface area contributed by atoms with E-state index in [1.807, 2.05) is 20.6 Å². The number of aromatic nitrogens is 3. The molecule has 0 radical (unpaired) electrons. The van der Waals surface area contributed by atoms with Gasteiger partial charge in [0.15, 0.2) is 5.65 Å². The molecule has 11 heteroatoms. The van der Waals surface area contributed by atoms with Gasteiger partial charge in [0.05, 0.1) is 23.9 Å². The summed E-state index contributed by atoms with van der Waals surface area (Å²) in [7, 11) is 1.22. The summed E-state index contributed by atoms with van der Waals surface area (Å²) in [6, 6.07) is 11.4. The van der Waals surface area contributed by atoms with E-state index in [-0.39, 0.29) is 23.2 Å². The number of aromatic amines is 1. The summed E-state index contributed by atoms with van der Waals surface area (Å²) >= 11 is 0. The Morgan fingerprint density at radius 3 is 2.26 bits per heavy atom. The molecule has 4 rings (SSSR count). The predicted octanol–water partition coefficient (Wildman–Crippen LogP) is 5.36. The summed E-state index contributed by atoms with van der Waals surface area (Å²) < 4.78 is 58.9. The first-order chi connectivity index (χ1) is 18.0. The molecule has 1 unspecified atom stereocenters. The second kappa shape index (κ2) is 12.3. The Morgan fingerprint density at radius 1 is 1.08 bits per heavy atom. The average molecular weight is 534 g/mol. The number of benzene rings is 2. The van der Waals surface area contributed by atoms with Crippen LogP contribution in [0.5, 0.6) is 0 Å². The number of halogens is 4. The third kappa shape index (κ3) is 5.99. The zero-order chi connectivity index (χ0) is 28.7. The first kappa shape index (κ1) is 29.9. The van der Waals surface area contributed by atoms with Crippen LogP contribution in [0.3, 0.4) is 0 Å². The van der Waals surface area contributed by atoms with Gasteiger partial charge in [0.25, 0.3) is 5.56 Å². The van der Waals surface area contributed by atoms with E-state index >= 15 is 0 Å². The van der Waals surface area contributed by atoms with E-state index in [2.05, 4.69) is 10.1 Å². The number of H-pyrrole nitrogens is 1. The maximum absolute atomic E-state index is 13.8. The molecule has 0 spiro atoms. The van der Waals surface area contributed by atoms with E-state index < -0.39 is 34.5 Å². The van der Waals surface area contributed by atoms with Crippen LogP contribution in [0.15, 0.2) is 65.6 Å². The topological polar surface area (TPSA) is 93.5 Å². The Bertz CT molecular complexity index is 1450. The van der Waals surface area contributed by atoms with Crippen LogP contribution in [0.2, 0.25) is 0 Å². The van der Waals surface area contributed by atoms with Crippen molar-refractivity contribution in [3.63, 3.8) is 0 Å². The largest absolute Gasteiger partial charge is 0.468 e. The van der Waals surface area contributed by atoms with Crippen LogP contribution in [0, 0.1) is 5.82 Å². The predicted molar refractivity (Wildman–Crippen MR) is 134 cm³/mol. The highest BCUT2D eigenvalue weighted by Crippen LogP contribution is 2.33. The van der Waals surface area contributed by atoms with Crippen LogP contribution in [-0.2, 0) is 32.3 Å². The van der Waals surface area contributed by atoms with Gasteiger partial charge in [0, 0.05) is 6.20 Å². The molecule has 0 amide bonds. The van der Waals surface area contributed by atoms with Crippen molar-refractivity contribution in [3.05, 3.63) is 93.8 Å². The zero-order valence-corrected chi connectivity index (χ0v) is 21.2. The summed E-state index contributed by atoms with van der Waals surface area (Å²) in [5.41, 5.74) is -1.57. The fraction of sp³-hybridized carbons (Fsp3) is 0.259. The Hall–Kier alpha value is -4.28. The van der Waals surface area contributed by atoms with Gasteiger partial charge in [-0.2, -0.15) is 13.2 Å². The first-order valence-corrected chi connectivity index (χ1v) is 11.4. The van der Waals surface area contributed by atoms with Crippen molar-refractivity contribution in [2.45, 2.75) is 38.8 Å². The van der Waals surface area contributed by atoms with Crippen molar-refractivity contribution in [1.82, 2.24) is 14.6 Å². The SMILES string of the molecule is C=O.CC.COC(=O)C(C)(Cc1cccc(F)c1)c1ccnc2c(-c3ccc(C(F)(F)F)cc3)c(=O)[nH]n12. The number of rotatable bonds is 5. The molecule has 0 aliphatic heterocycles. The molecule has 2 heterocycles. The highest BCUT2D eigenvalue weighted by Gasteiger charge is 2.40. The molecule has 0 aliphatic carbocycles. The van der Waals surface area contributed by atoms with E-state index in [0.717, 1.165) is 12.1 Å². The van der Waals surface area contributed by atoms with Gasteiger partial charge in [0.2, 0.25) is 0 Å². The van der Waals surface area contributed by atoms with Gasteiger partial charge in [0.1, 0.15) is 18.0 Å². The third-order valence-electron chi connectivity index (χ3n) is 5.69. The molecule has 1 N–H and O–H groups in total. The lowest BCUT2D eigenvalue weighted by atomic mass is 9.80.